The Morgan fingerprint density at radius 2 is 1.75 bits per heavy atom. The van der Waals surface area contributed by atoms with Crippen molar-refractivity contribution in [2.45, 2.75) is 43.5 Å². The Hall–Kier alpha value is -4.00. The minimum Gasteiger partial charge on any atom is -0.355 e. The SMILES string of the molecule is Cc1ccc(S(=O)(=O)N[C@@H](Cc2cccc(C#N)c2)C(=O)N2CCCC(C(=O)NCCc3ccccc3)C2)cc1. The highest BCUT2D eigenvalue weighted by Gasteiger charge is 2.34. The summed E-state index contributed by atoms with van der Waals surface area (Å²) in [7, 11) is -4.01. The maximum absolute atomic E-state index is 13.8. The predicted octanol–water partition coefficient (Wildman–Crippen LogP) is 3.35. The van der Waals surface area contributed by atoms with E-state index in [0.717, 1.165) is 11.1 Å². The molecule has 40 heavy (non-hydrogen) atoms. The molecule has 2 atom stereocenters. The summed E-state index contributed by atoms with van der Waals surface area (Å²) in [6.07, 6.45) is 2.09. The minimum absolute atomic E-state index is 0.0657. The van der Waals surface area contributed by atoms with Gasteiger partial charge in [-0.25, -0.2) is 8.42 Å². The molecule has 3 aromatic carbocycles. The Morgan fingerprint density at radius 1 is 1.02 bits per heavy atom. The lowest BCUT2D eigenvalue weighted by Crippen LogP contribution is -2.53. The van der Waals surface area contributed by atoms with E-state index in [1.807, 2.05) is 37.3 Å². The van der Waals surface area contributed by atoms with E-state index >= 15 is 0 Å². The van der Waals surface area contributed by atoms with Crippen LogP contribution in [-0.2, 0) is 32.5 Å². The molecule has 3 aromatic rings. The molecule has 0 radical (unpaired) electrons. The maximum Gasteiger partial charge on any atom is 0.241 e. The number of likely N-dealkylation sites (tertiary alicyclic amines) is 1. The molecule has 1 heterocycles. The van der Waals surface area contributed by atoms with Crippen LogP contribution in [0.4, 0.5) is 0 Å². The van der Waals surface area contributed by atoms with Crippen LogP contribution in [0.5, 0.6) is 0 Å². The highest BCUT2D eigenvalue weighted by atomic mass is 32.2. The lowest BCUT2D eigenvalue weighted by Gasteiger charge is -2.34. The van der Waals surface area contributed by atoms with Crippen LogP contribution in [-0.4, -0.2) is 50.8 Å². The van der Waals surface area contributed by atoms with Crippen LogP contribution in [0.15, 0.2) is 83.8 Å². The fourth-order valence-corrected chi connectivity index (χ4v) is 6.08. The molecule has 1 aliphatic rings. The van der Waals surface area contributed by atoms with Crippen LogP contribution in [0.3, 0.4) is 0 Å². The van der Waals surface area contributed by atoms with Gasteiger partial charge in [-0.1, -0.05) is 60.2 Å². The molecule has 0 saturated carbocycles. The Morgan fingerprint density at radius 3 is 2.48 bits per heavy atom. The summed E-state index contributed by atoms with van der Waals surface area (Å²) in [5, 5.41) is 12.3. The number of nitrogens with zero attached hydrogens (tertiary/aromatic N) is 2. The molecule has 0 spiro atoms. The molecule has 0 aromatic heterocycles. The van der Waals surface area contributed by atoms with Crippen LogP contribution in [0.25, 0.3) is 0 Å². The van der Waals surface area contributed by atoms with E-state index in [1.54, 1.807) is 41.3 Å². The summed E-state index contributed by atoms with van der Waals surface area (Å²) >= 11 is 0. The van der Waals surface area contributed by atoms with Gasteiger partial charge in [0.15, 0.2) is 0 Å². The molecule has 8 nitrogen and oxygen atoms in total. The van der Waals surface area contributed by atoms with Gasteiger partial charge < -0.3 is 10.2 Å². The molecule has 1 aliphatic heterocycles. The lowest BCUT2D eigenvalue weighted by molar-refractivity contribution is -0.137. The largest absolute Gasteiger partial charge is 0.355 e. The fraction of sp³-hybridized carbons (Fsp3) is 0.323. The minimum atomic E-state index is -4.01. The van der Waals surface area contributed by atoms with Crippen molar-refractivity contribution >= 4 is 21.8 Å². The summed E-state index contributed by atoms with van der Waals surface area (Å²) < 4.78 is 29.1. The second-order valence-electron chi connectivity index (χ2n) is 10.2. The monoisotopic (exact) mass is 558 g/mol. The summed E-state index contributed by atoms with van der Waals surface area (Å²) in [5.41, 5.74) is 3.14. The molecular weight excluding hydrogens is 524 g/mol. The number of nitriles is 1. The third kappa shape index (κ3) is 7.78. The van der Waals surface area contributed by atoms with Gasteiger partial charge in [0.25, 0.3) is 0 Å². The van der Waals surface area contributed by atoms with E-state index in [1.165, 1.54) is 12.1 Å². The molecule has 1 saturated heterocycles. The molecule has 1 fully saturated rings. The average Bonchev–Trinajstić information content (AvgIpc) is 2.97. The summed E-state index contributed by atoms with van der Waals surface area (Å²) in [6, 6.07) is 24.1. The van der Waals surface area contributed by atoms with E-state index in [0.29, 0.717) is 43.5 Å². The Labute approximate surface area is 236 Å². The van der Waals surface area contributed by atoms with Gasteiger partial charge in [-0.05, 0) is 68.0 Å². The first-order chi connectivity index (χ1) is 19.2. The molecule has 0 aliphatic carbocycles. The molecule has 1 unspecified atom stereocenters. The first kappa shape index (κ1) is 29.0. The second kappa shape index (κ2) is 13.4. The first-order valence-electron chi connectivity index (χ1n) is 13.4. The molecule has 2 N–H and O–H groups in total. The normalized spacial score (nSPS) is 16.1. The third-order valence-electron chi connectivity index (χ3n) is 7.08. The highest BCUT2D eigenvalue weighted by molar-refractivity contribution is 7.89. The zero-order valence-corrected chi connectivity index (χ0v) is 23.4. The number of sulfonamides is 1. The lowest BCUT2D eigenvalue weighted by atomic mass is 9.95. The van der Waals surface area contributed by atoms with Crippen molar-refractivity contribution in [2.75, 3.05) is 19.6 Å². The topological polar surface area (TPSA) is 119 Å². The average molecular weight is 559 g/mol. The van der Waals surface area contributed by atoms with Gasteiger partial charge in [-0.3, -0.25) is 9.59 Å². The zero-order valence-electron chi connectivity index (χ0n) is 22.5. The predicted molar refractivity (Wildman–Crippen MR) is 153 cm³/mol. The van der Waals surface area contributed by atoms with E-state index in [4.69, 9.17) is 0 Å². The van der Waals surface area contributed by atoms with E-state index in [9.17, 15) is 23.3 Å². The number of rotatable bonds is 10. The Bertz CT molecular complexity index is 1470. The molecule has 0 bridgehead atoms. The van der Waals surface area contributed by atoms with Crippen LogP contribution >= 0.6 is 0 Å². The standard InChI is InChI=1S/C31H34N4O4S/c1-23-12-14-28(15-13-23)40(38,39)34-29(20-25-9-5-10-26(19-25)21-32)31(37)35-18-6-11-27(22-35)30(36)33-17-16-24-7-3-2-4-8-24/h2-5,7-10,12-15,19,27,29,34H,6,11,16-18,20,22H2,1H3,(H,33,36)/t27?,29-/m0/s1. The van der Waals surface area contributed by atoms with Gasteiger partial charge in [-0.2, -0.15) is 9.98 Å². The summed E-state index contributed by atoms with van der Waals surface area (Å²) in [6.45, 7) is 3.02. The number of amides is 2. The van der Waals surface area contributed by atoms with Gasteiger partial charge >= 0.3 is 0 Å². The zero-order chi connectivity index (χ0) is 28.5. The van der Waals surface area contributed by atoms with Crippen LogP contribution in [0, 0.1) is 24.2 Å². The van der Waals surface area contributed by atoms with Gasteiger partial charge in [0, 0.05) is 19.6 Å². The number of carbonyl (C=O) groups is 2. The number of benzene rings is 3. The van der Waals surface area contributed by atoms with Gasteiger partial charge in [0.1, 0.15) is 6.04 Å². The Balaban J connectivity index is 1.47. The summed E-state index contributed by atoms with van der Waals surface area (Å²) in [5.74, 6) is -0.864. The van der Waals surface area contributed by atoms with E-state index < -0.39 is 16.1 Å². The Kier molecular flexibility index (Phi) is 9.70. The number of hydrogen-bond acceptors (Lipinski definition) is 5. The van der Waals surface area contributed by atoms with Crippen molar-refractivity contribution in [1.82, 2.24) is 14.9 Å². The third-order valence-corrected chi connectivity index (χ3v) is 8.57. The molecule has 208 valence electrons. The molecular formula is C31H34N4O4S. The van der Waals surface area contributed by atoms with Crippen LogP contribution in [0.1, 0.15) is 35.1 Å². The molecule has 2 amide bonds. The van der Waals surface area contributed by atoms with Crippen molar-refractivity contribution in [3.63, 3.8) is 0 Å². The smallest absolute Gasteiger partial charge is 0.241 e. The maximum atomic E-state index is 13.8. The number of piperidine rings is 1. The van der Waals surface area contributed by atoms with Crippen LogP contribution in [0.2, 0.25) is 0 Å². The van der Waals surface area contributed by atoms with Crippen molar-refractivity contribution in [2.24, 2.45) is 5.92 Å². The van der Waals surface area contributed by atoms with Gasteiger partial charge in [-0.15, -0.1) is 0 Å². The first-order valence-corrected chi connectivity index (χ1v) is 14.9. The van der Waals surface area contributed by atoms with Gasteiger partial charge in [0.2, 0.25) is 21.8 Å². The van der Waals surface area contributed by atoms with Crippen molar-refractivity contribution in [3.8, 4) is 6.07 Å². The van der Waals surface area contributed by atoms with Gasteiger partial charge in [0.05, 0.1) is 22.4 Å². The summed E-state index contributed by atoms with van der Waals surface area (Å²) in [4.78, 5) is 28.4. The molecule has 9 heteroatoms. The van der Waals surface area contributed by atoms with Crippen LogP contribution < -0.4 is 10.0 Å². The van der Waals surface area contributed by atoms with Crippen molar-refractivity contribution < 1.29 is 18.0 Å². The fourth-order valence-electron chi connectivity index (χ4n) is 4.89. The number of carbonyl (C=O) groups excluding carboxylic acids is 2. The number of hydrogen-bond donors (Lipinski definition) is 2. The second-order valence-corrected chi connectivity index (χ2v) is 11.9. The number of aryl methyl sites for hydroxylation is 1. The quantitative estimate of drug-likeness (QED) is 0.396. The number of nitrogens with one attached hydrogen (secondary N) is 2. The highest BCUT2D eigenvalue weighted by Crippen LogP contribution is 2.20. The van der Waals surface area contributed by atoms with Crippen molar-refractivity contribution in [3.05, 3.63) is 101 Å². The molecule has 4 rings (SSSR count). The van der Waals surface area contributed by atoms with Crippen molar-refractivity contribution in [1.29, 1.82) is 5.26 Å². The van der Waals surface area contributed by atoms with E-state index in [-0.39, 0.29) is 35.6 Å². The van der Waals surface area contributed by atoms with E-state index in [2.05, 4.69) is 16.1 Å².